The summed E-state index contributed by atoms with van der Waals surface area (Å²) in [7, 11) is -1.06. The normalized spacial score (nSPS) is 11.7. The van der Waals surface area contributed by atoms with Gasteiger partial charge in [-0.3, -0.25) is 0 Å². The van der Waals surface area contributed by atoms with Crippen molar-refractivity contribution in [2.24, 2.45) is 0 Å². The Kier molecular flexibility index (Phi) is 4.25. The summed E-state index contributed by atoms with van der Waals surface area (Å²) in [5.74, 6) is -0.964. The monoisotopic (exact) mass is 242 g/mol. The van der Waals surface area contributed by atoms with Crippen LogP contribution in [0.1, 0.15) is 10.4 Å². The van der Waals surface area contributed by atoms with E-state index in [1.165, 1.54) is 17.1 Å². The zero-order valence-corrected chi connectivity index (χ0v) is 10.9. The first kappa shape index (κ1) is 12.9. The molecular weight excluding hydrogens is 224 g/mol. The summed E-state index contributed by atoms with van der Waals surface area (Å²) in [6.07, 6.45) is 2.79. The zero-order chi connectivity index (χ0) is 12.2. The number of ether oxygens (including phenoxy) is 1. The molecule has 1 N–H and O–H groups in total. The van der Waals surface area contributed by atoms with E-state index in [9.17, 15) is 4.79 Å². The van der Waals surface area contributed by atoms with E-state index < -0.39 is 14.0 Å². The molecule has 1 aromatic rings. The molecule has 0 spiro atoms. The molecule has 0 saturated carbocycles. The number of carboxylic acid groups (broad SMARTS) is 1. The minimum absolute atomic E-state index is 0.189. The molecule has 0 bridgehead atoms. The molecule has 1 aromatic heterocycles. The number of nitrogens with zero attached hydrogens (tertiary/aromatic N) is 2. The first-order valence-electron chi connectivity index (χ1n) is 5.22. The number of carbonyl (C=O) groups is 1. The van der Waals surface area contributed by atoms with Gasteiger partial charge in [-0.15, -0.1) is 0 Å². The molecule has 0 aliphatic heterocycles. The van der Waals surface area contributed by atoms with Gasteiger partial charge in [-0.2, -0.15) is 5.10 Å². The summed E-state index contributed by atoms with van der Waals surface area (Å²) in [5, 5.41) is 12.6. The van der Waals surface area contributed by atoms with Gasteiger partial charge in [-0.25, -0.2) is 9.48 Å². The maximum absolute atomic E-state index is 10.6. The second-order valence-corrected chi connectivity index (χ2v) is 10.5. The van der Waals surface area contributed by atoms with Gasteiger partial charge in [-0.05, 0) is 6.04 Å². The van der Waals surface area contributed by atoms with Gasteiger partial charge in [0.1, 0.15) is 6.73 Å². The van der Waals surface area contributed by atoms with Crippen LogP contribution in [0.15, 0.2) is 12.4 Å². The number of hydrogen-bond donors (Lipinski definition) is 1. The second kappa shape index (κ2) is 5.27. The highest BCUT2D eigenvalue weighted by Gasteiger charge is 2.12. The summed E-state index contributed by atoms with van der Waals surface area (Å²) in [4.78, 5) is 10.6. The molecule has 0 aliphatic carbocycles. The second-order valence-electron chi connectivity index (χ2n) is 4.92. The average Bonchev–Trinajstić information content (AvgIpc) is 2.59. The third kappa shape index (κ3) is 4.58. The van der Waals surface area contributed by atoms with Gasteiger partial charge in [0.25, 0.3) is 0 Å². The molecule has 90 valence electrons. The summed E-state index contributed by atoms with van der Waals surface area (Å²) >= 11 is 0. The molecule has 5 nitrogen and oxygen atoms in total. The van der Waals surface area contributed by atoms with Crippen LogP contribution < -0.4 is 0 Å². The van der Waals surface area contributed by atoms with Gasteiger partial charge in [0.15, 0.2) is 0 Å². The topological polar surface area (TPSA) is 64.3 Å². The lowest BCUT2D eigenvalue weighted by Gasteiger charge is -2.15. The maximum Gasteiger partial charge on any atom is 0.338 e. The third-order valence-corrected chi connectivity index (χ3v) is 3.80. The van der Waals surface area contributed by atoms with Gasteiger partial charge in [0.05, 0.1) is 11.8 Å². The Morgan fingerprint density at radius 3 is 2.75 bits per heavy atom. The summed E-state index contributed by atoms with van der Waals surface area (Å²) in [6, 6.07) is 1.10. The highest BCUT2D eigenvalue weighted by atomic mass is 28.3. The van der Waals surface area contributed by atoms with Crippen molar-refractivity contribution < 1.29 is 14.6 Å². The van der Waals surface area contributed by atoms with E-state index in [0.29, 0.717) is 13.3 Å². The van der Waals surface area contributed by atoms with Crippen molar-refractivity contribution in [2.75, 3.05) is 6.61 Å². The summed E-state index contributed by atoms with van der Waals surface area (Å²) < 4.78 is 6.92. The van der Waals surface area contributed by atoms with E-state index in [1.54, 1.807) is 0 Å². The van der Waals surface area contributed by atoms with Crippen LogP contribution in [0.5, 0.6) is 0 Å². The fourth-order valence-corrected chi connectivity index (χ4v) is 1.84. The van der Waals surface area contributed by atoms with Gasteiger partial charge in [0.2, 0.25) is 0 Å². The van der Waals surface area contributed by atoms with Crippen LogP contribution >= 0.6 is 0 Å². The van der Waals surface area contributed by atoms with Crippen molar-refractivity contribution >= 4 is 14.0 Å². The van der Waals surface area contributed by atoms with Gasteiger partial charge < -0.3 is 9.84 Å². The minimum atomic E-state index is -1.06. The SMILES string of the molecule is C[Si](C)(C)CCOCn1cc(C(=O)O)cn1. The highest BCUT2D eigenvalue weighted by Crippen LogP contribution is 2.07. The van der Waals surface area contributed by atoms with Crippen molar-refractivity contribution in [3.05, 3.63) is 18.0 Å². The van der Waals surface area contributed by atoms with Crippen molar-refractivity contribution in [2.45, 2.75) is 32.4 Å². The van der Waals surface area contributed by atoms with E-state index in [2.05, 4.69) is 24.7 Å². The van der Waals surface area contributed by atoms with E-state index in [-0.39, 0.29) is 5.56 Å². The molecular formula is C10H18N2O3Si. The predicted octanol–water partition coefficient (Wildman–Crippen LogP) is 1.89. The van der Waals surface area contributed by atoms with Crippen LogP contribution in [-0.2, 0) is 11.5 Å². The van der Waals surface area contributed by atoms with E-state index >= 15 is 0 Å². The molecule has 0 aliphatic rings. The Morgan fingerprint density at radius 1 is 1.56 bits per heavy atom. The van der Waals surface area contributed by atoms with E-state index in [0.717, 1.165) is 6.04 Å². The molecule has 0 fully saturated rings. The van der Waals surface area contributed by atoms with E-state index in [1.807, 2.05) is 0 Å². The molecule has 0 radical (unpaired) electrons. The van der Waals surface area contributed by atoms with Crippen LogP contribution in [0.25, 0.3) is 0 Å². The molecule has 0 amide bonds. The van der Waals surface area contributed by atoms with Crippen LogP contribution in [0.3, 0.4) is 0 Å². The lowest BCUT2D eigenvalue weighted by atomic mass is 10.4. The van der Waals surface area contributed by atoms with Gasteiger partial charge >= 0.3 is 5.97 Å². The third-order valence-electron chi connectivity index (χ3n) is 2.10. The molecule has 1 heterocycles. The number of aromatic nitrogens is 2. The number of carboxylic acids is 1. The smallest absolute Gasteiger partial charge is 0.338 e. The number of hydrogen-bond acceptors (Lipinski definition) is 3. The van der Waals surface area contributed by atoms with Crippen molar-refractivity contribution in [1.29, 1.82) is 0 Å². The number of rotatable bonds is 6. The molecule has 16 heavy (non-hydrogen) atoms. The first-order chi connectivity index (χ1) is 7.38. The molecule has 6 heteroatoms. The minimum Gasteiger partial charge on any atom is -0.478 e. The lowest BCUT2D eigenvalue weighted by molar-refractivity contribution is 0.0693. The van der Waals surface area contributed by atoms with Gasteiger partial charge in [-0.1, -0.05) is 19.6 Å². The summed E-state index contributed by atoms with van der Waals surface area (Å²) in [5.41, 5.74) is 0.189. The van der Waals surface area contributed by atoms with Gasteiger partial charge in [0, 0.05) is 20.9 Å². The van der Waals surface area contributed by atoms with Crippen LogP contribution in [-0.4, -0.2) is 35.5 Å². The molecule has 0 unspecified atom stereocenters. The van der Waals surface area contributed by atoms with Crippen LogP contribution in [0.2, 0.25) is 25.7 Å². The average molecular weight is 242 g/mol. The standard InChI is InChI=1S/C10H18N2O3Si/c1-16(2,3)5-4-15-8-12-7-9(6-11-12)10(13)14/h6-7H,4-5,8H2,1-3H3,(H,13,14). The predicted molar refractivity (Wildman–Crippen MR) is 63.3 cm³/mol. The fraction of sp³-hybridized carbons (Fsp3) is 0.600. The molecule has 0 saturated heterocycles. The molecule has 0 aromatic carbocycles. The Morgan fingerprint density at radius 2 is 2.25 bits per heavy atom. The Hall–Kier alpha value is -1.14. The molecule has 1 rings (SSSR count). The lowest BCUT2D eigenvalue weighted by Crippen LogP contribution is -2.22. The molecule has 0 atom stereocenters. The number of aromatic carboxylic acids is 1. The zero-order valence-electron chi connectivity index (χ0n) is 9.93. The van der Waals surface area contributed by atoms with Crippen LogP contribution in [0.4, 0.5) is 0 Å². The Labute approximate surface area is 96.0 Å². The first-order valence-corrected chi connectivity index (χ1v) is 8.93. The Balaban J connectivity index is 2.30. The van der Waals surface area contributed by atoms with Crippen molar-refractivity contribution in [3.63, 3.8) is 0 Å². The maximum atomic E-state index is 10.6. The Bertz CT molecular complexity index is 357. The van der Waals surface area contributed by atoms with Crippen LogP contribution in [0, 0.1) is 0 Å². The van der Waals surface area contributed by atoms with Crippen molar-refractivity contribution in [3.8, 4) is 0 Å². The quantitative estimate of drug-likeness (QED) is 0.611. The largest absolute Gasteiger partial charge is 0.478 e. The highest BCUT2D eigenvalue weighted by molar-refractivity contribution is 6.76. The summed E-state index contributed by atoms with van der Waals surface area (Å²) in [6.45, 7) is 7.88. The van der Waals surface area contributed by atoms with Crippen molar-refractivity contribution in [1.82, 2.24) is 9.78 Å². The fourth-order valence-electron chi connectivity index (χ4n) is 1.08. The van der Waals surface area contributed by atoms with E-state index in [4.69, 9.17) is 9.84 Å².